The number of carboxylic acid groups (broad SMARTS) is 1. The molecule has 0 aliphatic carbocycles. The molecule has 0 saturated heterocycles. The van der Waals surface area contributed by atoms with Gasteiger partial charge < -0.3 is 23.2 Å². The molecule has 1 heterocycles. The average Bonchev–Trinajstić information content (AvgIpc) is 2.92. The van der Waals surface area contributed by atoms with Gasteiger partial charge in [-0.15, -0.1) is 0 Å². The largest absolute Gasteiger partial charge is 1.00 e. The van der Waals surface area contributed by atoms with Crippen molar-refractivity contribution in [2.24, 2.45) is 5.14 Å². The van der Waals surface area contributed by atoms with Crippen molar-refractivity contribution < 1.29 is 44.9 Å². The zero-order valence-electron chi connectivity index (χ0n) is 13.3. The van der Waals surface area contributed by atoms with E-state index in [2.05, 4.69) is 10.5 Å². The van der Waals surface area contributed by atoms with E-state index in [9.17, 15) is 26.7 Å². The van der Waals surface area contributed by atoms with E-state index in [-0.39, 0.29) is 30.3 Å². The molecule has 0 atom stereocenters. The lowest BCUT2D eigenvalue weighted by atomic mass is 10.1. The van der Waals surface area contributed by atoms with Gasteiger partial charge in [-0.25, -0.2) is 22.3 Å². The molecule has 0 bridgehead atoms. The fourth-order valence-corrected chi connectivity index (χ4v) is 3.85. The van der Waals surface area contributed by atoms with Gasteiger partial charge in [0.05, 0.1) is 6.54 Å². The molecule has 0 aliphatic heterocycles. The van der Waals surface area contributed by atoms with Gasteiger partial charge in [0, 0.05) is 17.4 Å². The van der Waals surface area contributed by atoms with Crippen LogP contribution in [-0.2, 0) is 20.2 Å². The predicted octanol–water partition coefficient (Wildman–Crippen LogP) is -4.11. The lowest BCUT2D eigenvalue weighted by molar-refractivity contribution is -0.360. The molecule has 0 saturated carbocycles. The van der Waals surface area contributed by atoms with Crippen LogP contribution in [0.1, 0.15) is 10.5 Å². The topological polar surface area (TPSA) is 176 Å². The number of carbonyl (C=O) groups is 1. The number of benzene rings is 1. The molecule has 26 heavy (non-hydrogen) atoms. The Morgan fingerprint density at radius 2 is 1.73 bits per heavy atom. The monoisotopic (exact) mass is 424 g/mol. The highest BCUT2D eigenvalue weighted by Gasteiger charge is 2.22. The van der Waals surface area contributed by atoms with Gasteiger partial charge in [-0.05, 0) is 23.8 Å². The van der Waals surface area contributed by atoms with Gasteiger partial charge >= 0.3 is 16.2 Å². The maximum Gasteiger partial charge on any atom is 0.354 e. The summed E-state index contributed by atoms with van der Waals surface area (Å²) in [7, 11) is -7.77. The summed E-state index contributed by atoms with van der Waals surface area (Å²) >= 11 is 0. The first-order valence-electron chi connectivity index (χ1n) is 6.93. The van der Waals surface area contributed by atoms with Gasteiger partial charge in [-0.2, -0.15) is 8.42 Å². The first kappa shape index (κ1) is 21.9. The first-order chi connectivity index (χ1) is 11.5. The number of nitrogens with zero attached hydrogens (tertiary/aromatic N) is 1. The van der Waals surface area contributed by atoms with Crippen molar-refractivity contribution in [1.82, 2.24) is 3.97 Å². The minimum atomic E-state index is -4.27. The smallest absolute Gasteiger partial charge is 0.354 e. The molecule has 10 nitrogen and oxygen atoms in total. The number of aromatic nitrogens is 1. The number of anilines is 1. The summed E-state index contributed by atoms with van der Waals surface area (Å²) in [6.07, 6.45) is 1.04. The fourth-order valence-electron chi connectivity index (χ4n) is 2.21. The van der Waals surface area contributed by atoms with E-state index >= 15 is 0 Å². The maximum atomic E-state index is 11.7. The molecule has 2 rings (SSSR count). The van der Waals surface area contributed by atoms with E-state index in [0.717, 1.165) is 6.20 Å². The van der Waals surface area contributed by atoms with Crippen molar-refractivity contribution in [3.05, 3.63) is 42.2 Å². The Labute approximate surface area is 156 Å². The SMILES string of the molecule is NS(=O)(=O)n1ccc(-c2ccc(NS(=O)(=O)CC[NH3+])cc2)c1C(=O)O.[Cl-]. The maximum absolute atomic E-state index is 11.7. The van der Waals surface area contributed by atoms with Crippen molar-refractivity contribution in [1.29, 1.82) is 0 Å². The Balaban J connectivity index is 0.00000338. The second-order valence-electron chi connectivity index (χ2n) is 5.08. The molecular weight excluding hydrogens is 408 g/mol. The van der Waals surface area contributed by atoms with E-state index in [1.165, 1.54) is 30.3 Å². The standard InChI is InChI=1S/C13H16N4O6S2.ClH/c14-6-8-24(20,21)16-10-3-1-9(2-4-10)11-5-7-17(25(15,22)23)12(11)13(18)19;/h1-5,7,16H,6,8,14H2,(H,18,19)(H2,15,22,23);1H. The number of hydrogen-bond donors (Lipinski definition) is 4. The Kier molecular flexibility index (Phi) is 6.79. The van der Waals surface area contributed by atoms with Crippen LogP contribution in [-0.4, -0.2) is 44.2 Å². The number of aromatic carboxylic acids is 1. The van der Waals surface area contributed by atoms with E-state index in [4.69, 9.17) is 5.14 Å². The molecule has 0 fully saturated rings. The number of halogens is 1. The van der Waals surface area contributed by atoms with Gasteiger partial charge in [-0.3, -0.25) is 4.72 Å². The Hall–Kier alpha value is -2.12. The third-order valence-electron chi connectivity index (χ3n) is 3.21. The van der Waals surface area contributed by atoms with Gasteiger partial charge in [0.15, 0.2) is 5.69 Å². The molecule has 13 heteroatoms. The average molecular weight is 425 g/mol. The molecule has 144 valence electrons. The predicted molar refractivity (Wildman–Crippen MR) is 90.5 cm³/mol. The lowest BCUT2D eigenvalue weighted by Crippen LogP contribution is -3.00. The first-order valence-corrected chi connectivity index (χ1v) is 10.1. The van der Waals surface area contributed by atoms with Crippen molar-refractivity contribution in [3.8, 4) is 11.1 Å². The number of hydrogen-bond acceptors (Lipinski definition) is 5. The summed E-state index contributed by atoms with van der Waals surface area (Å²) in [5.74, 6) is -1.59. The minimum Gasteiger partial charge on any atom is -1.00 e. The van der Waals surface area contributed by atoms with Crippen LogP contribution in [0.25, 0.3) is 11.1 Å². The Morgan fingerprint density at radius 1 is 1.15 bits per heavy atom. The second-order valence-corrected chi connectivity index (χ2v) is 8.34. The zero-order valence-corrected chi connectivity index (χ0v) is 15.7. The van der Waals surface area contributed by atoms with Crippen LogP contribution < -0.4 is 28.0 Å². The summed E-state index contributed by atoms with van der Waals surface area (Å²) in [4.78, 5) is 11.4. The number of quaternary nitrogens is 1. The molecule has 1 aromatic carbocycles. The molecule has 2 aromatic rings. The molecule has 0 radical (unpaired) electrons. The van der Waals surface area contributed by atoms with Crippen LogP contribution in [0.5, 0.6) is 0 Å². The van der Waals surface area contributed by atoms with Crippen LogP contribution in [0.3, 0.4) is 0 Å². The van der Waals surface area contributed by atoms with Crippen molar-refractivity contribution >= 4 is 31.9 Å². The Bertz CT molecular complexity index is 1000. The van der Waals surface area contributed by atoms with Crippen LogP contribution in [0.2, 0.25) is 0 Å². The van der Waals surface area contributed by atoms with Crippen molar-refractivity contribution in [3.63, 3.8) is 0 Å². The third kappa shape index (κ3) is 4.95. The summed E-state index contributed by atoms with van der Waals surface area (Å²) < 4.78 is 49.2. The highest BCUT2D eigenvalue weighted by molar-refractivity contribution is 7.92. The molecule has 1 aromatic heterocycles. The van der Waals surface area contributed by atoms with Gasteiger partial charge in [-0.1, -0.05) is 12.1 Å². The quantitative estimate of drug-likeness (QED) is 0.351. The van der Waals surface area contributed by atoms with Crippen LogP contribution in [0.15, 0.2) is 36.5 Å². The molecule has 7 N–H and O–H groups in total. The molecule has 0 spiro atoms. The number of nitrogens with one attached hydrogen (secondary N) is 1. The van der Waals surface area contributed by atoms with E-state index in [1.807, 2.05) is 0 Å². The van der Waals surface area contributed by atoms with E-state index in [0.29, 0.717) is 15.2 Å². The van der Waals surface area contributed by atoms with Gasteiger partial charge in [0.25, 0.3) is 0 Å². The van der Waals surface area contributed by atoms with Gasteiger partial charge in [0.1, 0.15) is 5.75 Å². The lowest BCUT2D eigenvalue weighted by Gasteiger charge is -2.08. The summed E-state index contributed by atoms with van der Waals surface area (Å²) in [5.41, 5.74) is 3.79. The summed E-state index contributed by atoms with van der Waals surface area (Å²) in [5, 5.41) is 14.3. The van der Waals surface area contributed by atoms with Crippen molar-refractivity contribution in [2.45, 2.75) is 0 Å². The number of nitrogens with two attached hydrogens (primary N) is 1. The second kappa shape index (κ2) is 8.05. The number of sulfonamides is 1. The summed E-state index contributed by atoms with van der Waals surface area (Å²) in [6, 6.07) is 7.12. The van der Waals surface area contributed by atoms with Crippen LogP contribution in [0, 0.1) is 0 Å². The highest BCUT2D eigenvalue weighted by Crippen LogP contribution is 2.27. The third-order valence-corrected chi connectivity index (χ3v) is 5.44. The number of carboxylic acids is 1. The number of rotatable bonds is 7. The summed E-state index contributed by atoms with van der Waals surface area (Å²) in [6.45, 7) is 0.219. The van der Waals surface area contributed by atoms with Crippen molar-refractivity contribution in [2.75, 3.05) is 17.0 Å². The van der Waals surface area contributed by atoms with Crippen LogP contribution in [0.4, 0.5) is 5.69 Å². The molecule has 0 amide bonds. The highest BCUT2D eigenvalue weighted by atomic mass is 35.5. The zero-order chi connectivity index (χ0) is 18.8. The Morgan fingerprint density at radius 3 is 2.19 bits per heavy atom. The molecule has 0 unspecified atom stereocenters. The van der Waals surface area contributed by atoms with Crippen LogP contribution >= 0.6 is 0 Å². The molecule has 0 aliphatic rings. The van der Waals surface area contributed by atoms with E-state index in [1.54, 1.807) is 0 Å². The minimum absolute atomic E-state index is 0. The van der Waals surface area contributed by atoms with E-state index < -0.39 is 31.9 Å². The fraction of sp³-hybridized carbons (Fsp3) is 0.154. The van der Waals surface area contributed by atoms with Gasteiger partial charge in [0.2, 0.25) is 10.0 Å². The normalized spacial score (nSPS) is 11.6. The molecular formula is C13H17ClN4O6S2.